The van der Waals surface area contributed by atoms with Gasteiger partial charge in [0.05, 0.1) is 17.7 Å². The topological polar surface area (TPSA) is 96.0 Å². The molecule has 0 fully saturated rings. The zero-order valence-corrected chi connectivity index (χ0v) is 24.1. The number of benzene rings is 3. The Hall–Kier alpha value is -3.56. The Kier molecular flexibility index (Phi) is 10.4. The molecule has 0 bridgehead atoms. The maximum absolute atomic E-state index is 14.0. The van der Waals surface area contributed by atoms with Gasteiger partial charge in [-0.3, -0.25) is 13.9 Å². The molecule has 0 aliphatic rings. The van der Waals surface area contributed by atoms with Gasteiger partial charge in [0.2, 0.25) is 11.8 Å². The fraction of sp³-hybridized carbons (Fsp3) is 0.310. The predicted molar refractivity (Wildman–Crippen MR) is 153 cm³/mol. The number of nitrogens with zero attached hydrogens (tertiary/aromatic N) is 2. The second-order valence-corrected chi connectivity index (χ2v) is 11.6. The van der Waals surface area contributed by atoms with E-state index in [0.29, 0.717) is 22.9 Å². The highest BCUT2D eigenvalue weighted by molar-refractivity contribution is 7.92. The number of carbonyl (C=O) groups is 2. The van der Waals surface area contributed by atoms with Crippen LogP contribution in [0.1, 0.15) is 32.8 Å². The van der Waals surface area contributed by atoms with Gasteiger partial charge in [-0.2, -0.15) is 0 Å². The Morgan fingerprint density at radius 1 is 0.949 bits per heavy atom. The summed E-state index contributed by atoms with van der Waals surface area (Å²) < 4.78 is 33.8. The highest BCUT2D eigenvalue weighted by Crippen LogP contribution is 2.26. The van der Waals surface area contributed by atoms with E-state index in [2.05, 4.69) is 5.32 Å². The lowest BCUT2D eigenvalue weighted by molar-refractivity contribution is -0.140. The summed E-state index contributed by atoms with van der Waals surface area (Å²) in [4.78, 5) is 28.6. The summed E-state index contributed by atoms with van der Waals surface area (Å²) in [6.07, 6.45) is 0.343. The molecule has 0 aliphatic carbocycles. The minimum atomic E-state index is -4.14. The molecule has 0 radical (unpaired) electrons. The van der Waals surface area contributed by atoms with Crippen molar-refractivity contribution >= 4 is 39.1 Å². The van der Waals surface area contributed by atoms with Crippen LogP contribution in [0.15, 0.2) is 83.8 Å². The van der Waals surface area contributed by atoms with Crippen LogP contribution < -0.4 is 14.4 Å². The molecular formula is C29H34ClN3O5S. The van der Waals surface area contributed by atoms with Crippen molar-refractivity contribution in [2.75, 3.05) is 18.0 Å². The fourth-order valence-electron chi connectivity index (χ4n) is 4.08. The van der Waals surface area contributed by atoms with E-state index in [0.717, 1.165) is 9.87 Å². The summed E-state index contributed by atoms with van der Waals surface area (Å²) in [5, 5.41) is 3.27. The smallest absolute Gasteiger partial charge is 0.264 e. The number of amides is 2. The number of sulfonamides is 1. The van der Waals surface area contributed by atoms with Crippen LogP contribution >= 0.6 is 11.6 Å². The number of rotatable bonds is 12. The van der Waals surface area contributed by atoms with Crippen LogP contribution in [0, 0.1) is 0 Å². The van der Waals surface area contributed by atoms with Gasteiger partial charge in [0.25, 0.3) is 10.0 Å². The number of carbonyl (C=O) groups excluding carboxylic acids is 2. The maximum atomic E-state index is 14.0. The van der Waals surface area contributed by atoms with Crippen molar-refractivity contribution in [3.8, 4) is 5.75 Å². The van der Waals surface area contributed by atoms with Gasteiger partial charge >= 0.3 is 0 Å². The van der Waals surface area contributed by atoms with E-state index in [1.54, 1.807) is 49.6 Å². The summed E-state index contributed by atoms with van der Waals surface area (Å²) >= 11 is 5.98. The predicted octanol–water partition coefficient (Wildman–Crippen LogP) is 4.88. The Labute approximate surface area is 235 Å². The summed E-state index contributed by atoms with van der Waals surface area (Å²) in [6, 6.07) is 20.4. The van der Waals surface area contributed by atoms with Crippen molar-refractivity contribution in [2.45, 2.75) is 50.7 Å². The molecule has 0 saturated heterocycles. The van der Waals surface area contributed by atoms with Gasteiger partial charge in [-0.05, 0) is 74.4 Å². The lowest BCUT2D eigenvalue weighted by atomic mass is 10.1. The molecule has 0 aromatic heterocycles. The van der Waals surface area contributed by atoms with Gasteiger partial charge < -0.3 is 15.0 Å². The van der Waals surface area contributed by atoms with Gasteiger partial charge in [-0.25, -0.2) is 8.42 Å². The van der Waals surface area contributed by atoms with Crippen LogP contribution in [-0.2, 0) is 26.2 Å². The number of para-hydroxylation sites is 1. The normalized spacial score (nSPS) is 12.1. The number of hydrogen-bond donors (Lipinski definition) is 1. The zero-order valence-electron chi connectivity index (χ0n) is 22.5. The van der Waals surface area contributed by atoms with Crippen molar-refractivity contribution in [1.82, 2.24) is 10.2 Å². The van der Waals surface area contributed by atoms with Crippen LogP contribution in [0.5, 0.6) is 5.75 Å². The quantitative estimate of drug-likeness (QED) is 0.334. The summed E-state index contributed by atoms with van der Waals surface area (Å²) in [5.74, 6) is -0.162. The molecule has 3 aromatic rings. The van der Waals surface area contributed by atoms with Gasteiger partial charge in [-0.15, -0.1) is 0 Å². The van der Waals surface area contributed by atoms with E-state index in [1.807, 2.05) is 32.9 Å². The molecule has 0 saturated carbocycles. The first-order valence-corrected chi connectivity index (χ1v) is 14.4. The zero-order chi connectivity index (χ0) is 28.6. The van der Waals surface area contributed by atoms with Crippen LogP contribution in [-0.4, -0.2) is 50.9 Å². The average molecular weight is 572 g/mol. The van der Waals surface area contributed by atoms with Crippen LogP contribution in [0.25, 0.3) is 0 Å². The molecule has 0 heterocycles. The number of hydrogen-bond acceptors (Lipinski definition) is 5. The monoisotopic (exact) mass is 571 g/mol. The third-order valence-corrected chi connectivity index (χ3v) is 8.09. The highest BCUT2D eigenvalue weighted by atomic mass is 35.5. The number of methoxy groups -OCH3 is 1. The molecule has 1 N–H and O–H groups in total. The highest BCUT2D eigenvalue weighted by Gasteiger charge is 2.33. The van der Waals surface area contributed by atoms with Crippen molar-refractivity contribution in [3.63, 3.8) is 0 Å². The Morgan fingerprint density at radius 3 is 2.10 bits per heavy atom. The lowest BCUT2D eigenvalue weighted by Gasteiger charge is -2.33. The van der Waals surface area contributed by atoms with Gasteiger partial charge in [0, 0.05) is 17.6 Å². The molecule has 2 amide bonds. The molecule has 3 rings (SSSR count). The van der Waals surface area contributed by atoms with Crippen LogP contribution in [0.3, 0.4) is 0 Å². The van der Waals surface area contributed by atoms with E-state index in [-0.39, 0.29) is 23.4 Å². The molecule has 8 nitrogen and oxygen atoms in total. The number of anilines is 1. The van der Waals surface area contributed by atoms with Gasteiger partial charge in [0.15, 0.2) is 0 Å². The van der Waals surface area contributed by atoms with E-state index < -0.39 is 28.5 Å². The molecule has 0 aliphatic heterocycles. The van der Waals surface area contributed by atoms with Crippen molar-refractivity contribution in [1.29, 1.82) is 0 Å². The molecule has 39 heavy (non-hydrogen) atoms. The average Bonchev–Trinajstić information content (AvgIpc) is 2.92. The molecule has 1 unspecified atom stereocenters. The van der Waals surface area contributed by atoms with Crippen molar-refractivity contribution in [3.05, 3.63) is 89.4 Å². The standard InChI is InChI=1S/C29H34ClN3O5S/c1-5-27(29(35)31-21(2)3)32(19-22-11-15-25(38-4)16-12-22)28(34)20-33(24-9-7-6-8-10-24)39(36,37)26-17-13-23(30)14-18-26/h6-18,21,27H,5,19-20H2,1-4H3,(H,31,35). The van der Waals surface area contributed by atoms with Crippen LogP contribution in [0.4, 0.5) is 5.69 Å². The van der Waals surface area contributed by atoms with Crippen molar-refractivity contribution in [2.24, 2.45) is 0 Å². The second-order valence-electron chi connectivity index (χ2n) is 9.26. The number of halogens is 1. The first-order chi connectivity index (χ1) is 18.6. The summed E-state index contributed by atoms with van der Waals surface area (Å²) in [5.41, 5.74) is 1.09. The first-order valence-electron chi connectivity index (χ1n) is 12.6. The molecule has 10 heteroatoms. The van der Waals surface area contributed by atoms with Crippen LogP contribution in [0.2, 0.25) is 5.02 Å². The molecule has 0 spiro atoms. The minimum absolute atomic E-state index is 0.00477. The number of ether oxygens (including phenoxy) is 1. The largest absolute Gasteiger partial charge is 0.497 e. The SMILES string of the molecule is CCC(C(=O)NC(C)C)N(Cc1ccc(OC)cc1)C(=O)CN(c1ccccc1)S(=O)(=O)c1ccc(Cl)cc1. The lowest BCUT2D eigenvalue weighted by Crippen LogP contribution is -2.53. The molecule has 3 aromatic carbocycles. The first kappa shape index (κ1) is 30.0. The minimum Gasteiger partial charge on any atom is -0.497 e. The Balaban J connectivity index is 2.03. The number of nitrogens with one attached hydrogen (secondary N) is 1. The van der Waals surface area contributed by atoms with Gasteiger partial charge in [0.1, 0.15) is 18.3 Å². The van der Waals surface area contributed by atoms with E-state index >= 15 is 0 Å². The fourth-order valence-corrected chi connectivity index (χ4v) is 5.62. The van der Waals surface area contributed by atoms with E-state index in [1.165, 1.54) is 29.2 Å². The van der Waals surface area contributed by atoms with E-state index in [9.17, 15) is 18.0 Å². The Bertz CT molecular complexity index is 1350. The molecule has 208 valence electrons. The molecular weight excluding hydrogens is 538 g/mol. The van der Waals surface area contributed by atoms with Crippen molar-refractivity contribution < 1.29 is 22.7 Å². The van der Waals surface area contributed by atoms with E-state index in [4.69, 9.17) is 16.3 Å². The second kappa shape index (κ2) is 13.5. The summed E-state index contributed by atoms with van der Waals surface area (Å²) in [7, 11) is -2.58. The van der Waals surface area contributed by atoms with Gasteiger partial charge in [-0.1, -0.05) is 48.9 Å². The Morgan fingerprint density at radius 2 is 1.56 bits per heavy atom. The summed E-state index contributed by atoms with van der Waals surface area (Å²) in [6.45, 7) is 5.11. The third-order valence-electron chi connectivity index (χ3n) is 6.05. The maximum Gasteiger partial charge on any atom is 0.264 e. The third kappa shape index (κ3) is 7.74. The molecule has 1 atom stereocenters.